The zero-order valence-electron chi connectivity index (χ0n) is 20.1. The molecule has 4 rings (SSSR count). The number of anilines is 1. The third-order valence-corrected chi connectivity index (χ3v) is 7.77. The number of hydrogen-bond donors (Lipinski definition) is 0. The van der Waals surface area contributed by atoms with E-state index in [1.54, 1.807) is 0 Å². The quantitative estimate of drug-likeness (QED) is 0.422. The molecule has 0 aromatic carbocycles. The number of aryl methyl sites for hydroxylation is 1. The first-order chi connectivity index (χ1) is 15.3. The van der Waals surface area contributed by atoms with Gasteiger partial charge in [0.05, 0.1) is 18.4 Å². The fourth-order valence-electron chi connectivity index (χ4n) is 5.04. The Morgan fingerprint density at radius 3 is 2.59 bits per heavy atom. The van der Waals surface area contributed by atoms with E-state index in [9.17, 15) is 4.79 Å². The largest absolute Gasteiger partial charge is 0.376 e. The fourth-order valence-corrected chi connectivity index (χ4v) is 5.87. The van der Waals surface area contributed by atoms with Crippen LogP contribution in [0.25, 0.3) is 0 Å². The van der Waals surface area contributed by atoms with Crippen LogP contribution in [-0.2, 0) is 11.3 Å². The van der Waals surface area contributed by atoms with Crippen molar-refractivity contribution in [1.82, 2.24) is 19.3 Å². The molecule has 0 aliphatic carbocycles. The first-order valence-electron chi connectivity index (χ1n) is 12.0. The van der Waals surface area contributed by atoms with Crippen LogP contribution in [0.4, 0.5) is 5.95 Å². The maximum absolute atomic E-state index is 13.1. The third-order valence-electron chi connectivity index (χ3n) is 6.81. The number of piperidine rings is 1. The van der Waals surface area contributed by atoms with Gasteiger partial charge in [0.25, 0.3) is 0 Å². The predicted molar refractivity (Wildman–Crippen MR) is 129 cm³/mol. The van der Waals surface area contributed by atoms with Crippen molar-refractivity contribution in [2.45, 2.75) is 84.1 Å². The molecule has 32 heavy (non-hydrogen) atoms. The van der Waals surface area contributed by atoms with E-state index in [0.717, 1.165) is 73.1 Å². The van der Waals surface area contributed by atoms with Crippen molar-refractivity contribution in [2.75, 3.05) is 30.3 Å². The van der Waals surface area contributed by atoms with Crippen molar-refractivity contribution in [2.24, 2.45) is 5.92 Å². The summed E-state index contributed by atoms with van der Waals surface area (Å²) in [5.74, 6) is 2.20. The molecule has 0 saturated carbocycles. The Morgan fingerprint density at radius 1 is 1.22 bits per heavy atom. The Labute approximate surface area is 195 Å². The van der Waals surface area contributed by atoms with Gasteiger partial charge in [0.2, 0.25) is 5.95 Å². The lowest BCUT2D eigenvalue weighted by Gasteiger charge is -2.31. The van der Waals surface area contributed by atoms with E-state index in [0.29, 0.717) is 11.8 Å². The standard InChI is InChI=1S/C24H37N5O2S/c1-16(2)29-18(4)13-21(19(29)5)22(30)15-32-24-26-25-23(27-10-8-17(3)9-11-27)28(24)14-20-7-6-12-31-20/h13,16-17,20H,6-12,14-15H2,1-5H3/t20-/m1/s1. The number of ether oxygens (including phenoxy) is 1. The van der Waals surface area contributed by atoms with E-state index in [1.807, 2.05) is 13.0 Å². The predicted octanol–water partition coefficient (Wildman–Crippen LogP) is 4.67. The summed E-state index contributed by atoms with van der Waals surface area (Å²) in [6, 6.07) is 2.36. The molecular formula is C24H37N5O2S. The van der Waals surface area contributed by atoms with Crippen molar-refractivity contribution in [1.29, 1.82) is 0 Å². The highest BCUT2D eigenvalue weighted by Gasteiger charge is 2.26. The molecule has 4 heterocycles. The molecule has 0 bridgehead atoms. The van der Waals surface area contributed by atoms with Gasteiger partial charge in [0.1, 0.15) is 0 Å². The van der Waals surface area contributed by atoms with E-state index < -0.39 is 0 Å². The summed E-state index contributed by atoms with van der Waals surface area (Å²) in [5.41, 5.74) is 3.00. The zero-order chi connectivity index (χ0) is 22.8. The number of hydrogen-bond acceptors (Lipinski definition) is 6. The van der Waals surface area contributed by atoms with Crippen molar-refractivity contribution in [3.8, 4) is 0 Å². The van der Waals surface area contributed by atoms with Crippen molar-refractivity contribution >= 4 is 23.5 Å². The topological polar surface area (TPSA) is 65.2 Å². The number of ketones is 1. The lowest BCUT2D eigenvalue weighted by molar-refractivity contribution is 0.0951. The van der Waals surface area contributed by atoms with E-state index in [2.05, 4.69) is 51.9 Å². The number of aromatic nitrogens is 4. The van der Waals surface area contributed by atoms with Gasteiger partial charge in [-0.05, 0) is 65.4 Å². The summed E-state index contributed by atoms with van der Waals surface area (Å²) in [6.45, 7) is 14.3. The molecule has 0 unspecified atom stereocenters. The normalized spacial score (nSPS) is 19.9. The van der Waals surface area contributed by atoms with Crippen LogP contribution in [0.2, 0.25) is 0 Å². The first kappa shape index (κ1) is 23.4. The molecule has 2 aliphatic rings. The molecule has 0 N–H and O–H groups in total. The number of carbonyl (C=O) groups is 1. The maximum atomic E-state index is 13.1. The second kappa shape index (κ2) is 10.00. The Kier molecular flexibility index (Phi) is 7.30. The van der Waals surface area contributed by atoms with Gasteiger partial charge in [-0.1, -0.05) is 18.7 Å². The number of nitrogens with zero attached hydrogens (tertiary/aromatic N) is 5. The third kappa shape index (κ3) is 4.91. The molecule has 2 aliphatic heterocycles. The van der Waals surface area contributed by atoms with E-state index in [-0.39, 0.29) is 11.9 Å². The number of rotatable bonds is 8. The fraction of sp³-hybridized carbons (Fsp3) is 0.708. The first-order valence-corrected chi connectivity index (χ1v) is 13.0. The van der Waals surface area contributed by atoms with Gasteiger partial charge in [0, 0.05) is 42.7 Å². The van der Waals surface area contributed by atoms with E-state index in [1.165, 1.54) is 24.6 Å². The van der Waals surface area contributed by atoms with Crippen LogP contribution in [-0.4, -0.2) is 56.7 Å². The van der Waals surface area contributed by atoms with Gasteiger partial charge in [-0.15, -0.1) is 10.2 Å². The Bertz CT molecular complexity index is 937. The minimum Gasteiger partial charge on any atom is -0.376 e. The highest BCUT2D eigenvalue weighted by Crippen LogP contribution is 2.29. The average Bonchev–Trinajstić information content (AvgIpc) is 3.47. The molecule has 176 valence electrons. The van der Waals surface area contributed by atoms with Gasteiger partial charge in [-0.2, -0.15) is 0 Å². The van der Waals surface area contributed by atoms with Crippen LogP contribution in [0.15, 0.2) is 11.2 Å². The second-order valence-electron chi connectivity index (χ2n) is 9.66. The zero-order valence-corrected chi connectivity index (χ0v) is 21.0. The van der Waals surface area contributed by atoms with Crippen LogP contribution in [0.1, 0.15) is 74.2 Å². The molecule has 8 heteroatoms. The minimum atomic E-state index is 0.148. The lowest BCUT2D eigenvalue weighted by atomic mass is 10.00. The summed E-state index contributed by atoms with van der Waals surface area (Å²) in [7, 11) is 0. The highest BCUT2D eigenvalue weighted by molar-refractivity contribution is 7.99. The summed E-state index contributed by atoms with van der Waals surface area (Å²) in [6.07, 6.45) is 4.74. The molecule has 2 fully saturated rings. The second-order valence-corrected chi connectivity index (χ2v) is 10.6. The molecule has 0 spiro atoms. The van der Waals surface area contributed by atoms with Crippen molar-refractivity contribution in [3.63, 3.8) is 0 Å². The van der Waals surface area contributed by atoms with Gasteiger partial charge in [0.15, 0.2) is 10.9 Å². The minimum absolute atomic E-state index is 0.148. The lowest BCUT2D eigenvalue weighted by Crippen LogP contribution is -2.35. The number of carbonyl (C=O) groups excluding carboxylic acids is 1. The van der Waals surface area contributed by atoms with Crippen LogP contribution >= 0.6 is 11.8 Å². The van der Waals surface area contributed by atoms with Gasteiger partial charge in [-0.3, -0.25) is 9.36 Å². The SMILES string of the molecule is Cc1cc(C(=O)CSc2nnc(N3CCC(C)CC3)n2C[C@H]2CCCO2)c(C)n1C(C)C. The molecule has 2 aromatic rings. The Morgan fingerprint density at radius 2 is 1.97 bits per heavy atom. The summed E-state index contributed by atoms with van der Waals surface area (Å²) >= 11 is 1.50. The molecule has 2 saturated heterocycles. The van der Waals surface area contributed by atoms with Crippen molar-refractivity contribution < 1.29 is 9.53 Å². The summed E-state index contributed by atoms with van der Waals surface area (Å²) in [5, 5.41) is 9.90. The number of Topliss-reactive ketones (excluding diaryl/α,β-unsaturated/α-hetero) is 1. The molecule has 2 aromatic heterocycles. The Hall–Kier alpha value is -1.80. The van der Waals surface area contributed by atoms with Gasteiger partial charge in [-0.25, -0.2) is 0 Å². The molecule has 1 atom stereocenters. The maximum Gasteiger partial charge on any atom is 0.228 e. The summed E-state index contributed by atoms with van der Waals surface area (Å²) < 4.78 is 10.3. The van der Waals surface area contributed by atoms with Gasteiger partial charge >= 0.3 is 0 Å². The monoisotopic (exact) mass is 459 g/mol. The van der Waals surface area contributed by atoms with E-state index >= 15 is 0 Å². The van der Waals surface area contributed by atoms with Gasteiger partial charge < -0.3 is 14.2 Å². The van der Waals surface area contributed by atoms with Crippen molar-refractivity contribution in [3.05, 3.63) is 23.0 Å². The average molecular weight is 460 g/mol. The molecule has 7 nitrogen and oxygen atoms in total. The molecular weight excluding hydrogens is 422 g/mol. The molecule has 0 radical (unpaired) electrons. The molecule has 0 amide bonds. The highest BCUT2D eigenvalue weighted by atomic mass is 32.2. The van der Waals surface area contributed by atoms with Crippen LogP contribution < -0.4 is 4.90 Å². The van der Waals surface area contributed by atoms with E-state index in [4.69, 9.17) is 4.74 Å². The Balaban J connectivity index is 1.51. The van der Waals surface area contributed by atoms with Crippen LogP contribution in [0, 0.1) is 19.8 Å². The van der Waals surface area contributed by atoms with Crippen LogP contribution in [0.5, 0.6) is 0 Å². The van der Waals surface area contributed by atoms with Crippen LogP contribution in [0.3, 0.4) is 0 Å². The smallest absolute Gasteiger partial charge is 0.228 e. The summed E-state index contributed by atoms with van der Waals surface area (Å²) in [4.78, 5) is 15.5. The number of thioether (sulfide) groups is 1.